The van der Waals surface area contributed by atoms with Crippen molar-refractivity contribution in [2.24, 2.45) is 5.92 Å². The van der Waals surface area contributed by atoms with Gasteiger partial charge in [0.2, 0.25) is 5.91 Å². The Labute approximate surface area is 151 Å². The summed E-state index contributed by atoms with van der Waals surface area (Å²) in [6, 6.07) is 1.98. The number of morpholine rings is 1. The van der Waals surface area contributed by atoms with E-state index >= 15 is 0 Å². The number of carbonyl (C=O) groups excluding carboxylic acids is 1. The van der Waals surface area contributed by atoms with Gasteiger partial charge in [0.25, 0.3) is 0 Å². The van der Waals surface area contributed by atoms with Crippen molar-refractivity contribution >= 4 is 5.91 Å². The van der Waals surface area contributed by atoms with Crippen LogP contribution in [0.5, 0.6) is 0 Å². The maximum atomic E-state index is 12.8. The van der Waals surface area contributed by atoms with Crippen LogP contribution in [0.4, 0.5) is 0 Å². The van der Waals surface area contributed by atoms with Crippen molar-refractivity contribution in [2.45, 2.75) is 72.8 Å². The first-order valence-corrected chi connectivity index (χ1v) is 9.46. The van der Waals surface area contributed by atoms with E-state index in [0.29, 0.717) is 6.54 Å². The van der Waals surface area contributed by atoms with Gasteiger partial charge in [-0.25, -0.2) is 0 Å². The molecule has 1 aliphatic heterocycles. The first-order chi connectivity index (χ1) is 11.8. The van der Waals surface area contributed by atoms with Crippen LogP contribution in [0, 0.1) is 19.8 Å². The van der Waals surface area contributed by atoms with E-state index in [9.17, 15) is 4.79 Å². The lowest BCUT2D eigenvalue weighted by Gasteiger charge is -2.41. The van der Waals surface area contributed by atoms with Crippen LogP contribution >= 0.6 is 0 Å². The third-order valence-electron chi connectivity index (χ3n) is 4.69. The number of aromatic nitrogens is 2. The smallest absolute Gasteiger partial charge is 0.237 e. The zero-order valence-electron chi connectivity index (χ0n) is 16.6. The van der Waals surface area contributed by atoms with Gasteiger partial charge in [0.1, 0.15) is 0 Å². The molecule has 1 aliphatic rings. The highest BCUT2D eigenvalue weighted by Crippen LogP contribution is 2.18. The molecule has 0 radical (unpaired) electrons. The van der Waals surface area contributed by atoms with Crippen molar-refractivity contribution in [3.63, 3.8) is 0 Å². The summed E-state index contributed by atoms with van der Waals surface area (Å²) in [7, 11) is 0. The molecule has 0 aromatic carbocycles. The van der Waals surface area contributed by atoms with Crippen LogP contribution in [-0.4, -0.2) is 58.5 Å². The summed E-state index contributed by atoms with van der Waals surface area (Å²) in [6.45, 7) is 15.6. The molecule has 1 aromatic rings. The second-order valence-corrected chi connectivity index (χ2v) is 7.69. The number of hydrogen-bond acceptors (Lipinski definition) is 4. The van der Waals surface area contributed by atoms with Crippen molar-refractivity contribution < 1.29 is 9.53 Å². The van der Waals surface area contributed by atoms with E-state index in [-0.39, 0.29) is 30.1 Å². The van der Waals surface area contributed by atoms with Gasteiger partial charge in [-0.3, -0.25) is 14.4 Å². The molecule has 2 rings (SSSR count). The quantitative estimate of drug-likeness (QED) is 0.766. The highest BCUT2D eigenvalue weighted by Gasteiger charge is 2.33. The molecule has 142 valence electrons. The molecule has 1 saturated heterocycles. The fraction of sp³-hybridized carbons (Fsp3) is 0.789. The number of amides is 1. The van der Waals surface area contributed by atoms with Crippen LogP contribution < -0.4 is 5.32 Å². The molecule has 6 heteroatoms. The maximum absolute atomic E-state index is 12.8. The summed E-state index contributed by atoms with van der Waals surface area (Å²) in [5, 5.41) is 7.59. The fourth-order valence-corrected chi connectivity index (χ4v) is 3.78. The number of rotatable bonds is 7. The van der Waals surface area contributed by atoms with Crippen molar-refractivity contribution in [3.05, 3.63) is 17.5 Å². The molecule has 0 saturated carbocycles. The van der Waals surface area contributed by atoms with Gasteiger partial charge in [-0.1, -0.05) is 13.8 Å². The Bertz CT molecular complexity index is 560. The molecule has 1 N–H and O–H groups in total. The van der Waals surface area contributed by atoms with Gasteiger partial charge >= 0.3 is 0 Å². The highest BCUT2D eigenvalue weighted by molar-refractivity contribution is 5.82. The predicted molar refractivity (Wildman–Crippen MR) is 99.5 cm³/mol. The van der Waals surface area contributed by atoms with Crippen molar-refractivity contribution in [1.29, 1.82) is 0 Å². The minimum Gasteiger partial charge on any atom is -0.373 e. The molecular formula is C19H34N4O2. The van der Waals surface area contributed by atoms with E-state index in [4.69, 9.17) is 4.74 Å². The van der Waals surface area contributed by atoms with Crippen LogP contribution in [0.2, 0.25) is 0 Å². The third-order valence-corrected chi connectivity index (χ3v) is 4.69. The van der Waals surface area contributed by atoms with Crippen LogP contribution in [0.3, 0.4) is 0 Å². The van der Waals surface area contributed by atoms with Crippen molar-refractivity contribution in [3.8, 4) is 0 Å². The van der Waals surface area contributed by atoms with Gasteiger partial charge in [0, 0.05) is 31.9 Å². The van der Waals surface area contributed by atoms with E-state index in [1.807, 2.05) is 11.6 Å². The van der Waals surface area contributed by atoms with Crippen LogP contribution in [0.15, 0.2) is 6.07 Å². The van der Waals surface area contributed by atoms with Crippen LogP contribution in [0.25, 0.3) is 0 Å². The fourth-order valence-electron chi connectivity index (χ4n) is 3.78. The first-order valence-electron chi connectivity index (χ1n) is 9.46. The standard InChI is InChI=1S/C19H34N4O2/c1-13(2)18(22-11-16(5)25-17(6)12-22)19(24)20-8-7-9-23-15(4)10-14(3)21-23/h10,13,16-18H,7-9,11-12H2,1-6H3,(H,20,24)/t16-,17-,18-/m0/s1. The van der Waals surface area contributed by atoms with Gasteiger partial charge in [0.15, 0.2) is 0 Å². The van der Waals surface area contributed by atoms with Gasteiger partial charge in [-0.2, -0.15) is 5.10 Å². The maximum Gasteiger partial charge on any atom is 0.237 e. The number of aryl methyl sites for hydroxylation is 3. The molecule has 2 heterocycles. The van der Waals surface area contributed by atoms with E-state index in [1.165, 1.54) is 5.69 Å². The Morgan fingerprint density at radius 1 is 1.32 bits per heavy atom. The molecule has 0 spiro atoms. The second-order valence-electron chi connectivity index (χ2n) is 7.69. The monoisotopic (exact) mass is 350 g/mol. The number of nitrogens with one attached hydrogen (secondary N) is 1. The highest BCUT2D eigenvalue weighted by atomic mass is 16.5. The molecule has 0 unspecified atom stereocenters. The summed E-state index contributed by atoms with van der Waals surface area (Å²) in [6.07, 6.45) is 1.22. The predicted octanol–water partition coefficient (Wildman–Crippen LogP) is 2.14. The summed E-state index contributed by atoms with van der Waals surface area (Å²) in [5.41, 5.74) is 2.21. The van der Waals surface area contributed by atoms with E-state index in [1.54, 1.807) is 0 Å². The number of nitrogens with zero attached hydrogens (tertiary/aromatic N) is 3. The van der Waals surface area contributed by atoms with Crippen LogP contribution in [-0.2, 0) is 16.1 Å². The molecule has 3 atom stereocenters. The molecule has 25 heavy (non-hydrogen) atoms. The second kappa shape index (κ2) is 8.81. The molecule has 0 aliphatic carbocycles. The lowest BCUT2D eigenvalue weighted by atomic mass is 9.99. The number of carbonyl (C=O) groups is 1. The average molecular weight is 351 g/mol. The van der Waals surface area contributed by atoms with E-state index in [0.717, 1.165) is 31.7 Å². The molecular weight excluding hydrogens is 316 g/mol. The van der Waals surface area contributed by atoms with E-state index < -0.39 is 0 Å². The zero-order chi connectivity index (χ0) is 18.6. The zero-order valence-corrected chi connectivity index (χ0v) is 16.6. The summed E-state index contributed by atoms with van der Waals surface area (Å²) >= 11 is 0. The lowest BCUT2D eigenvalue weighted by Crippen LogP contribution is -2.57. The lowest BCUT2D eigenvalue weighted by molar-refractivity contribution is -0.135. The average Bonchev–Trinajstić information content (AvgIpc) is 2.80. The summed E-state index contributed by atoms with van der Waals surface area (Å²) in [4.78, 5) is 15.0. The van der Waals surface area contributed by atoms with Gasteiger partial charge in [0.05, 0.1) is 23.9 Å². The molecule has 1 aromatic heterocycles. The third kappa shape index (κ3) is 5.54. The Hall–Kier alpha value is -1.40. The van der Waals surface area contributed by atoms with Gasteiger partial charge in [-0.05, 0) is 46.1 Å². The van der Waals surface area contributed by atoms with Crippen molar-refractivity contribution in [2.75, 3.05) is 19.6 Å². The number of ether oxygens (including phenoxy) is 1. The molecule has 1 amide bonds. The molecule has 1 fully saturated rings. The Morgan fingerprint density at radius 3 is 2.48 bits per heavy atom. The van der Waals surface area contributed by atoms with E-state index in [2.05, 4.69) is 56.0 Å². The Morgan fingerprint density at radius 2 is 1.96 bits per heavy atom. The topological polar surface area (TPSA) is 59.4 Å². The number of hydrogen-bond donors (Lipinski definition) is 1. The normalized spacial score (nSPS) is 23.0. The summed E-state index contributed by atoms with van der Waals surface area (Å²) in [5.74, 6) is 0.401. The summed E-state index contributed by atoms with van der Waals surface area (Å²) < 4.78 is 7.81. The molecule has 6 nitrogen and oxygen atoms in total. The van der Waals surface area contributed by atoms with Crippen molar-refractivity contribution in [1.82, 2.24) is 20.0 Å². The minimum absolute atomic E-state index is 0.0949. The SMILES string of the molecule is Cc1cc(C)n(CCCNC(=O)[C@H](C(C)C)N2C[C@H](C)O[C@@H](C)C2)n1. The Kier molecular flexibility index (Phi) is 7.02. The van der Waals surface area contributed by atoms with Gasteiger partial charge in [-0.15, -0.1) is 0 Å². The van der Waals surface area contributed by atoms with Crippen LogP contribution in [0.1, 0.15) is 45.5 Å². The largest absolute Gasteiger partial charge is 0.373 e. The minimum atomic E-state index is -0.0949. The Balaban J connectivity index is 1.84. The molecule has 0 bridgehead atoms. The van der Waals surface area contributed by atoms with Gasteiger partial charge < -0.3 is 10.1 Å². The first kappa shape index (κ1) is 19.9.